The molecule has 5 N–H and O–H groups in total. The van der Waals surface area contributed by atoms with E-state index in [1.54, 1.807) is 45.0 Å². The average Bonchev–Trinajstić information content (AvgIpc) is 2.93. The summed E-state index contributed by atoms with van der Waals surface area (Å²) in [6.45, 7) is 8.69. The number of amides is 5. The quantitative estimate of drug-likeness (QED) is 0.361. The Bertz CT molecular complexity index is 1280. The molecular weight excluding hydrogens is 538 g/mol. The maximum atomic E-state index is 13.4. The molecule has 0 fully saturated rings. The standard InChI is InChI=1S/C31H41N5O6/c1-19(2)26-29(40)33-20(3)18-42-24-14-10-9-13-22(24)27(38)34-23(17-25(37)36-31(4,5)30(41)35-26)28(39)32-16-15-21-11-7-6-8-12-21/h6-14,19-20,23,26H,15-18H2,1-5H3,(H,32,39)(H,33,40)(H,34,38)(H,35,41)(H,36,37)/t20-,23-,26+/m0/s1. The van der Waals surface area contributed by atoms with Crippen molar-refractivity contribution in [3.8, 4) is 5.75 Å². The second-order valence-corrected chi connectivity index (χ2v) is 11.3. The van der Waals surface area contributed by atoms with Gasteiger partial charge in [-0.15, -0.1) is 0 Å². The largest absolute Gasteiger partial charge is 0.491 e. The smallest absolute Gasteiger partial charge is 0.255 e. The van der Waals surface area contributed by atoms with Crippen molar-refractivity contribution >= 4 is 29.5 Å². The van der Waals surface area contributed by atoms with Crippen LogP contribution in [0, 0.1) is 5.92 Å². The fourth-order valence-corrected chi connectivity index (χ4v) is 4.41. The van der Waals surface area contributed by atoms with Gasteiger partial charge in [0, 0.05) is 6.54 Å². The molecule has 0 radical (unpaired) electrons. The lowest BCUT2D eigenvalue weighted by molar-refractivity contribution is -0.136. The normalized spacial score (nSPS) is 21.9. The summed E-state index contributed by atoms with van der Waals surface area (Å²) in [5.74, 6) is -2.76. The van der Waals surface area contributed by atoms with Gasteiger partial charge in [0.25, 0.3) is 5.91 Å². The van der Waals surface area contributed by atoms with E-state index in [1.807, 2.05) is 30.3 Å². The molecule has 11 nitrogen and oxygen atoms in total. The van der Waals surface area contributed by atoms with E-state index in [9.17, 15) is 24.0 Å². The fourth-order valence-electron chi connectivity index (χ4n) is 4.41. The molecule has 42 heavy (non-hydrogen) atoms. The van der Waals surface area contributed by atoms with Crippen LogP contribution in [0.3, 0.4) is 0 Å². The number of ether oxygens (including phenoxy) is 1. The van der Waals surface area contributed by atoms with Crippen LogP contribution in [0.4, 0.5) is 0 Å². The van der Waals surface area contributed by atoms with Crippen molar-refractivity contribution < 1.29 is 28.7 Å². The SMILES string of the molecule is CC(C)[C@H]1NC(=O)C(C)(C)NC(=O)C[C@@H](C(=O)NCCc2ccccc2)NC(=O)c2ccccc2OC[C@H](C)NC1=O. The molecule has 1 aliphatic heterocycles. The van der Waals surface area contributed by atoms with Gasteiger partial charge >= 0.3 is 0 Å². The first-order chi connectivity index (χ1) is 19.9. The molecule has 2 aromatic rings. The van der Waals surface area contributed by atoms with Crippen LogP contribution >= 0.6 is 0 Å². The molecule has 0 saturated heterocycles. The Labute approximate surface area is 246 Å². The molecule has 0 bridgehead atoms. The number of rotatable bonds is 5. The summed E-state index contributed by atoms with van der Waals surface area (Å²) in [6, 6.07) is 13.5. The van der Waals surface area contributed by atoms with Crippen LogP contribution in [0.15, 0.2) is 54.6 Å². The van der Waals surface area contributed by atoms with Crippen LogP contribution in [-0.2, 0) is 25.6 Å². The van der Waals surface area contributed by atoms with Crippen molar-refractivity contribution in [3.63, 3.8) is 0 Å². The van der Waals surface area contributed by atoms with E-state index in [0.717, 1.165) is 5.56 Å². The monoisotopic (exact) mass is 579 g/mol. The molecule has 1 heterocycles. The van der Waals surface area contributed by atoms with E-state index < -0.39 is 59.6 Å². The number of para-hydroxylation sites is 1. The van der Waals surface area contributed by atoms with E-state index in [1.165, 1.54) is 13.8 Å². The van der Waals surface area contributed by atoms with Crippen LogP contribution in [0.2, 0.25) is 0 Å². The van der Waals surface area contributed by atoms with Crippen LogP contribution in [0.1, 0.15) is 57.0 Å². The van der Waals surface area contributed by atoms with E-state index >= 15 is 0 Å². The van der Waals surface area contributed by atoms with E-state index in [2.05, 4.69) is 26.6 Å². The Morgan fingerprint density at radius 3 is 2.33 bits per heavy atom. The van der Waals surface area contributed by atoms with Crippen molar-refractivity contribution in [3.05, 3.63) is 65.7 Å². The van der Waals surface area contributed by atoms with Gasteiger partial charge in [-0.25, -0.2) is 0 Å². The van der Waals surface area contributed by atoms with Gasteiger partial charge in [0.2, 0.25) is 23.6 Å². The third-order valence-electron chi connectivity index (χ3n) is 6.83. The highest BCUT2D eigenvalue weighted by Crippen LogP contribution is 2.19. The maximum absolute atomic E-state index is 13.4. The first kappa shape index (κ1) is 32.1. The fraction of sp³-hybridized carbons (Fsp3) is 0.452. The lowest BCUT2D eigenvalue weighted by Crippen LogP contribution is -2.61. The van der Waals surface area contributed by atoms with Gasteiger partial charge in [-0.2, -0.15) is 0 Å². The molecule has 11 heteroatoms. The Balaban J connectivity index is 1.88. The Morgan fingerprint density at radius 2 is 1.64 bits per heavy atom. The molecule has 2 aromatic carbocycles. The lowest BCUT2D eigenvalue weighted by Gasteiger charge is -2.30. The van der Waals surface area contributed by atoms with Gasteiger partial charge in [0.05, 0.1) is 18.0 Å². The summed E-state index contributed by atoms with van der Waals surface area (Å²) in [5.41, 5.74) is -0.229. The molecule has 3 rings (SSSR count). The summed E-state index contributed by atoms with van der Waals surface area (Å²) in [6.07, 6.45) is 0.138. The van der Waals surface area contributed by atoms with E-state index in [0.29, 0.717) is 13.0 Å². The van der Waals surface area contributed by atoms with Crippen LogP contribution in [0.25, 0.3) is 0 Å². The molecular formula is C31H41N5O6. The lowest BCUT2D eigenvalue weighted by atomic mass is 9.98. The molecule has 5 amide bonds. The summed E-state index contributed by atoms with van der Waals surface area (Å²) < 4.78 is 5.88. The molecule has 226 valence electrons. The maximum Gasteiger partial charge on any atom is 0.255 e. The van der Waals surface area contributed by atoms with E-state index in [4.69, 9.17) is 4.74 Å². The summed E-state index contributed by atoms with van der Waals surface area (Å²) >= 11 is 0. The second kappa shape index (κ2) is 14.5. The van der Waals surface area contributed by atoms with Gasteiger partial charge in [0.1, 0.15) is 30.0 Å². The molecule has 0 unspecified atom stereocenters. The zero-order chi connectivity index (χ0) is 30.9. The zero-order valence-corrected chi connectivity index (χ0v) is 24.8. The number of carbonyl (C=O) groups is 5. The highest BCUT2D eigenvalue weighted by Gasteiger charge is 2.36. The van der Waals surface area contributed by atoms with E-state index in [-0.39, 0.29) is 23.8 Å². The number of hydrogen-bond acceptors (Lipinski definition) is 6. The number of carbonyl (C=O) groups excluding carboxylic acids is 5. The minimum atomic E-state index is -1.42. The number of hydrogen-bond donors (Lipinski definition) is 5. The summed E-state index contributed by atoms with van der Waals surface area (Å²) in [4.78, 5) is 66.0. The van der Waals surface area contributed by atoms with Crippen molar-refractivity contribution in [2.45, 2.75) is 71.1 Å². The van der Waals surface area contributed by atoms with Gasteiger partial charge in [-0.1, -0.05) is 56.3 Å². The molecule has 0 saturated carbocycles. The predicted molar refractivity (Wildman–Crippen MR) is 158 cm³/mol. The summed E-state index contributed by atoms with van der Waals surface area (Å²) in [5, 5.41) is 13.7. The second-order valence-electron chi connectivity index (χ2n) is 11.3. The molecule has 0 aromatic heterocycles. The van der Waals surface area contributed by atoms with Crippen LogP contribution in [0.5, 0.6) is 5.75 Å². The average molecular weight is 580 g/mol. The van der Waals surface area contributed by atoms with Gasteiger partial charge in [-0.05, 0) is 50.8 Å². The van der Waals surface area contributed by atoms with Gasteiger partial charge < -0.3 is 31.3 Å². The highest BCUT2D eigenvalue weighted by molar-refractivity contribution is 6.01. The van der Waals surface area contributed by atoms with Crippen molar-refractivity contribution in [2.24, 2.45) is 5.92 Å². The highest BCUT2D eigenvalue weighted by atomic mass is 16.5. The van der Waals surface area contributed by atoms with Crippen LogP contribution < -0.4 is 31.3 Å². The predicted octanol–water partition coefficient (Wildman–Crippen LogP) is 1.47. The molecule has 3 atom stereocenters. The molecule has 0 spiro atoms. The van der Waals surface area contributed by atoms with Crippen molar-refractivity contribution in [1.82, 2.24) is 26.6 Å². The first-order valence-corrected chi connectivity index (χ1v) is 14.1. The number of nitrogens with one attached hydrogen (secondary N) is 5. The minimum absolute atomic E-state index is 0.0454. The number of benzene rings is 2. The molecule has 1 aliphatic rings. The first-order valence-electron chi connectivity index (χ1n) is 14.1. The third-order valence-corrected chi connectivity index (χ3v) is 6.83. The molecule has 0 aliphatic carbocycles. The zero-order valence-electron chi connectivity index (χ0n) is 24.8. The Kier molecular flexibility index (Phi) is 11.1. The minimum Gasteiger partial charge on any atom is -0.491 e. The summed E-state index contributed by atoms with van der Waals surface area (Å²) in [7, 11) is 0. The van der Waals surface area contributed by atoms with Crippen LogP contribution in [-0.4, -0.2) is 66.4 Å². The van der Waals surface area contributed by atoms with Crippen molar-refractivity contribution in [1.29, 1.82) is 0 Å². The topological polar surface area (TPSA) is 155 Å². The van der Waals surface area contributed by atoms with Gasteiger partial charge in [0.15, 0.2) is 0 Å². The van der Waals surface area contributed by atoms with Crippen molar-refractivity contribution in [2.75, 3.05) is 13.2 Å². The Morgan fingerprint density at radius 1 is 0.976 bits per heavy atom. The van der Waals surface area contributed by atoms with Gasteiger partial charge in [-0.3, -0.25) is 24.0 Å². The Hall–Kier alpha value is -4.41. The number of fused-ring (bicyclic) bond motifs is 1. The third kappa shape index (κ3) is 9.05.